The van der Waals surface area contributed by atoms with Crippen molar-refractivity contribution in [1.29, 1.82) is 0 Å². The third-order valence-electron chi connectivity index (χ3n) is 9.84. The van der Waals surface area contributed by atoms with Crippen molar-refractivity contribution in [1.82, 2.24) is 29.7 Å². The van der Waals surface area contributed by atoms with Crippen molar-refractivity contribution >= 4 is 64.7 Å². The van der Waals surface area contributed by atoms with E-state index in [1.54, 1.807) is 25.7 Å². The van der Waals surface area contributed by atoms with Crippen LogP contribution in [0.2, 0.25) is 5.02 Å². The molecule has 0 unspecified atom stereocenters. The lowest BCUT2D eigenvalue weighted by molar-refractivity contribution is 0.184. The monoisotopic (exact) mass is 659 g/mol. The Balaban J connectivity index is 1.06. The van der Waals surface area contributed by atoms with Gasteiger partial charge in [0.15, 0.2) is 5.82 Å². The first-order valence-corrected chi connectivity index (χ1v) is 18.7. The molecule has 242 valence electrons. The van der Waals surface area contributed by atoms with Crippen molar-refractivity contribution in [2.45, 2.75) is 25.8 Å². The predicted molar refractivity (Wildman–Crippen MR) is 191 cm³/mol. The van der Waals surface area contributed by atoms with Gasteiger partial charge in [0.1, 0.15) is 10.8 Å². The Morgan fingerprint density at radius 1 is 0.935 bits per heavy atom. The maximum absolute atomic E-state index is 6.60. The highest BCUT2D eigenvalue weighted by molar-refractivity contribution is 7.65. The molecule has 46 heavy (non-hydrogen) atoms. The molecule has 0 amide bonds. The molecule has 2 aromatic carbocycles. The highest BCUT2D eigenvalue weighted by Crippen LogP contribution is 2.39. The van der Waals surface area contributed by atoms with Crippen LogP contribution in [0.3, 0.4) is 0 Å². The number of halogens is 1. The Morgan fingerprint density at radius 2 is 1.67 bits per heavy atom. The Bertz CT molecular complexity index is 1720. The maximum atomic E-state index is 6.60. The fourth-order valence-electron chi connectivity index (χ4n) is 7.66. The number of methoxy groups -OCH3 is 1. The zero-order valence-corrected chi connectivity index (χ0v) is 28.9. The van der Waals surface area contributed by atoms with E-state index >= 15 is 0 Å². The molecule has 3 fully saturated rings. The van der Waals surface area contributed by atoms with E-state index in [2.05, 4.69) is 79.7 Å². The van der Waals surface area contributed by atoms with Gasteiger partial charge in [0, 0.05) is 80.4 Å². The molecule has 5 heterocycles. The minimum atomic E-state index is -0.489. The summed E-state index contributed by atoms with van der Waals surface area (Å²) in [6.45, 7) is 13.8. The summed E-state index contributed by atoms with van der Waals surface area (Å²) < 4.78 is 5.88. The zero-order chi connectivity index (χ0) is 31.9. The smallest absolute Gasteiger partial charge is 0.229 e. The third kappa shape index (κ3) is 6.20. The van der Waals surface area contributed by atoms with Gasteiger partial charge in [0.2, 0.25) is 5.95 Å². The van der Waals surface area contributed by atoms with Crippen LogP contribution >= 0.6 is 19.5 Å². The van der Waals surface area contributed by atoms with Crippen LogP contribution in [0.5, 0.6) is 5.75 Å². The molecule has 3 saturated heterocycles. The topological polar surface area (TPSA) is 94.6 Å². The molecular weight excluding hydrogens is 617 g/mol. The van der Waals surface area contributed by atoms with Crippen molar-refractivity contribution in [3.8, 4) is 5.75 Å². The SMILES string of the molecule is COc1cc(N2CCC(N3C[C@H]4CN(C)C[C@H]4C3)CC2)c(C)cc1Nc1ncc(Cl)c(Nc2ccc3nccnc3c2P(C)C)n1. The Kier molecular flexibility index (Phi) is 8.89. The first-order chi connectivity index (χ1) is 22.3. The third-order valence-corrected chi connectivity index (χ3v) is 11.5. The number of aromatic nitrogens is 4. The largest absolute Gasteiger partial charge is 0.494 e. The van der Waals surface area contributed by atoms with Gasteiger partial charge < -0.3 is 25.2 Å². The molecule has 2 N–H and O–H groups in total. The fraction of sp³-hybridized carbons (Fsp3) is 0.471. The normalized spacial score (nSPS) is 20.9. The number of aryl methyl sites for hydroxylation is 1. The van der Waals surface area contributed by atoms with Crippen LogP contribution in [0.1, 0.15) is 18.4 Å². The van der Waals surface area contributed by atoms with E-state index in [0.717, 1.165) is 58.4 Å². The number of hydrogen-bond acceptors (Lipinski definition) is 10. The average Bonchev–Trinajstić information content (AvgIpc) is 3.60. The van der Waals surface area contributed by atoms with E-state index in [-0.39, 0.29) is 0 Å². The number of rotatable bonds is 8. The number of piperidine rings is 1. The lowest BCUT2D eigenvalue weighted by Crippen LogP contribution is -2.45. The molecule has 0 spiro atoms. The molecular formula is C34H43ClN9OP. The molecule has 0 bridgehead atoms. The average molecular weight is 660 g/mol. The first kappa shape index (κ1) is 31.3. The van der Waals surface area contributed by atoms with Gasteiger partial charge in [0.05, 0.1) is 30.0 Å². The number of ether oxygens (including phenoxy) is 1. The minimum Gasteiger partial charge on any atom is -0.494 e. The number of likely N-dealkylation sites (tertiary alicyclic amines) is 2. The summed E-state index contributed by atoms with van der Waals surface area (Å²) in [5.74, 6) is 3.42. The van der Waals surface area contributed by atoms with Gasteiger partial charge in [-0.25, -0.2) is 4.98 Å². The number of nitrogens with zero attached hydrogens (tertiary/aromatic N) is 7. The van der Waals surface area contributed by atoms with E-state index in [0.29, 0.717) is 22.8 Å². The van der Waals surface area contributed by atoms with Crippen LogP contribution in [-0.2, 0) is 0 Å². The Hall–Kier alpha value is -3.30. The number of anilines is 5. The molecule has 0 saturated carbocycles. The van der Waals surface area contributed by atoms with Crippen LogP contribution in [-0.4, -0.2) is 103 Å². The molecule has 0 aliphatic carbocycles. The molecule has 7 rings (SSSR count). The van der Waals surface area contributed by atoms with Gasteiger partial charge >= 0.3 is 0 Å². The van der Waals surface area contributed by atoms with Crippen LogP contribution in [0.25, 0.3) is 11.0 Å². The van der Waals surface area contributed by atoms with E-state index in [9.17, 15) is 0 Å². The van der Waals surface area contributed by atoms with Gasteiger partial charge in [-0.2, -0.15) is 4.98 Å². The summed E-state index contributed by atoms with van der Waals surface area (Å²) >= 11 is 6.60. The molecule has 12 heteroatoms. The summed E-state index contributed by atoms with van der Waals surface area (Å²) in [4.78, 5) is 26.2. The summed E-state index contributed by atoms with van der Waals surface area (Å²) in [7, 11) is 3.49. The lowest BCUT2D eigenvalue weighted by Gasteiger charge is -2.39. The number of benzene rings is 2. The first-order valence-electron chi connectivity index (χ1n) is 16.1. The van der Waals surface area contributed by atoms with Crippen molar-refractivity contribution in [3.05, 3.63) is 53.4 Å². The minimum absolute atomic E-state index is 0.428. The zero-order valence-electron chi connectivity index (χ0n) is 27.3. The second-order valence-corrected chi connectivity index (χ2v) is 15.8. The van der Waals surface area contributed by atoms with Crippen LogP contribution in [0.15, 0.2) is 42.9 Å². The van der Waals surface area contributed by atoms with Gasteiger partial charge in [0.25, 0.3) is 0 Å². The summed E-state index contributed by atoms with van der Waals surface area (Å²) in [5, 5.41) is 8.39. The molecule has 0 radical (unpaired) electrons. The van der Waals surface area contributed by atoms with E-state index < -0.39 is 7.92 Å². The van der Waals surface area contributed by atoms with Crippen LogP contribution in [0.4, 0.5) is 28.8 Å². The highest BCUT2D eigenvalue weighted by Gasteiger charge is 2.41. The van der Waals surface area contributed by atoms with Crippen molar-refractivity contribution in [3.63, 3.8) is 0 Å². The van der Waals surface area contributed by atoms with Gasteiger partial charge in [-0.05, 0) is 75.7 Å². The lowest BCUT2D eigenvalue weighted by atomic mass is 10.0. The Morgan fingerprint density at radius 3 is 2.39 bits per heavy atom. The summed E-state index contributed by atoms with van der Waals surface area (Å²) in [6, 6.07) is 8.96. The van der Waals surface area contributed by atoms with Crippen LogP contribution < -0.4 is 25.6 Å². The number of nitrogens with one attached hydrogen (secondary N) is 2. The van der Waals surface area contributed by atoms with Crippen molar-refractivity contribution in [2.24, 2.45) is 11.8 Å². The quantitative estimate of drug-likeness (QED) is 0.229. The highest BCUT2D eigenvalue weighted by atomic mass is 35.5. The van der Waals surface area contributed by atoms with Crippen LogP contribution in [0, 0.1) is 18.8 Å². The van der Waals surface area contributed by atoms with E-state index in [1.165, 1.54) is 50.3 Å². The molecule has 10 nitrogen and oxygen atoms in total. The predicted octanol–water partition coefficient (Wildman–Crippen LogP) is 5.71. The van der Waals surface area contributed by atoms with Gasteiger partial charge in [-0.1, -0.05) is 19.5 Å². The van der Waals surface area contributed by atoms with Crippen molar-refractivity contribution in [2.75, 3.05) is 82.3 Å². The second-order valence-electron chi connectivity index (χ2n) is 13.2. The Labute approximate surface area is 277 Å². The standard InChI is InChI=1S/C34H43ClN9OP/c1-21-14-28(30(45-3)15-29(21)43-12-8-24(9-13-43)44-19-22-17-42(2)18-23(22)20-44)40-34-38-16-25(35)33(41-34)39-27-7-6-26-31(32(27)46(4)5)37-11-10-36-26/h6-7,10-11,14-16,22-24H,8-9,12-13,17-20H2,1-5H3,(H2,38,39,40,41)/t22-,23+. The molecule has 3 aliphatic rings. The maximum Gasteiger partial charge on any atom is 0.229 e. The summed E-state index contributed by atoms with van der Waals surface area (Å²) in [5.41, 5.74) is 5.90. The molecule has 2 atom stereocenters. The van der Waals surface area contributed by atoms with Crippen molar-refractivity contribution < 1.29 is 4.74 Å². The molecule has 3 aliphatic heterocycles. The van der Waals surface area contributed by atoms with E-state index in [4.69, 9.17) is 21.3 Å². The second kappa shape index (κ2) is 13.1. The summed E-state index contributed by atoms with van der Waals surface area (Å²) in [6.07, 6.45) is 7.47. The molecule has 2 aromatic heterocycles. The fourth-order valence-corrected chi connectivity index (χ4v) is 9.00. The van der Waals surface area contributed by atoms with Gasteiger partial charge in [-0.3, -0.25) is 14.9 Å². The number of hydrogen-bond donors (Lipinski definition) is 2. The molecule has 4 aromatic rings. The van der Waals surface area contributed by atoms with E-state index in [1.807, 2.05) is 12.1 Å². The number of fused-ring (bicyclic) bond motifs is 2. The van der Waals surface area contributed by atoms with Gasteiger partial charge in [-0.15, -0.1) is 0 Å².